The Hall–Kier alpha value is -0.970. The minimum atomic E-state index is 0.236. The Bertz CT molecular complexity index is 349. The van der Waals surface area contributed by atoms with Crippen molar-refractivity contribution < 1.29 is 4.74 Å². The standard InChI is InChI=1S/C14H23N3O/c1-17(10-13-2-6-16-7-3-13)12-14(11-15)4-8-18-9-5-14/h2-3,6-7H,4-5,8-12,15H2,1H3. The van der Waals surface area contributed by atoms with Crippen LogP contribution in [-0.4, -0.2) is 43.2 Å². The van der Waals surface area contributed by atoms with E-state index in [4.69, 9.17) is 10.5 Å². The molecule has 100 valence electrons. The van der Waals surface area contributed by atoms with Crippen molar-refractivity contribution in [1.82, 2.24) is 9.88 Å². The summed E-state index contributed by atoms with van der Waals surface area (Å²) in [6.07, 6.45) is 5.83. The Balaban J connectivity index is 1.91. The molecule has 1 aliphatic heterocycles. The maximum absolute atomic E-state index is 5.99. The molecule has 1 aromatic heterocycles. The van der Waals surface area contributed by atoms with Crippen molar-refractivity contribution in [2.75, 3.05) is 33.4 Å². The molecule has 2 heterocycles. The van der Waals surface area contributed by atoms with Gasteiger partial charge in [-0.15, -0.1) is 0 Å². The molecule has 1 fully saturated rings. The second-order valence-electron chi connectivity index (χ2n) is 5.34. The molecule has 0 saturated carbocycles. The van der Waals surface area contributed by atoms with Crippen molar-refractivity contribution in [2.45, 2.75) is 19.4 Å². The third kappa shape index (κ3) is 3.51. The van der Waals surface area contributed by atoms with Crippen LogP contribution in [0.3, 0.4) is 0 Å². The molecular formula is C14H23N3O. The monoisotopic (exact) mass is 249 g/mol. The number of ether oxygens (including phenoxy) is 1. The first-order valence-corrected chi connectivity index (χ1v) is 6.59. The zero-order valence-electron chi connectivity index (χ0n) is 11.1. The van der Waals surface area contributed by atoms with Crippen LogP contribution in [0.1, 0.15) is 18.4 Å². The summed E-state index contributed by atoms with van der Waals surface area (Å²) in [6.45, 7) is 4.43. The lowest BCUT2D eigenvalue weighted by molar-refractivity contribution is 0.00268. The number of hydrogen-bond donors (Lipinski definition) is 1. The third-order valence-corrected chi connectivity index (χ3v) is 3.79. The van der Waals surface area contributed by atoms with Crippen LogP contribution in [0.25, 0.3) is 0 Å². The maximum Gasteiger partial charge on any atom is 0.0472 e. The SMILES string of the molecule is CN(Cc1ccncc1)CC1(CN)CCOCC1. The van der Waals surface area contributed by atoms with Crippen molar-refractivity contribution in [3.05, 3.63) is 30.1 Å². The summed E-state index contributed by atoms with van der Waals surface area (Å²) in [5, 5.41) is 0. The second-order valence-corrected chi connectivity index (χ2v) is 5.34. The van der Waals surface area contributed by atoms with Gasteiger partial charge in [0.2, 0.25) is 0 Å². The molecule has 0 bridgehead atoms. The smallest absolute Gasteiger partial charge is 0.0472 e. The Kier molecular flexibility index (Phi) is 4.69. The van der Waals surface area contributed by atoms with Gasteiger partial charge in [0.05, 0.1) is 0 Å². The van der Waals surface area contributed by atoms with E-state index in [-0.39, 0.29) is 5.41 Å². The summed E-state index contributed by atoms with van der Waals surface area (Å²) >= 11 is 0. The van der Waals surface area contributed by atoms with Crippen LogP contribution in [0.15, 0.2) is 24.5 Å². The Morgan fingerprint density at radius 2 is 2.00 bits per heavy atom. The van der Waals surface area contributed by atoms with Gasteiger partial charge < -0.3 is 15.4 Å². The van der Waals surface area contributed by atoms with Gasteiger partial charge in [0.1, 0.15) is 0 Å². The highest BCUT2D eigenvalue weighted by molar-refractivity contribution is 5.09. The molecule has 2 N–H and O–H groups in total. The lowest BCUT2D eigenvalue weighted by Crippen LogP contribution is -2.44. The summed E-state index contributed by atoms with van der Waals surface area (Å²) in [4.78, 5) is 6.40. The van der Waals surface area contributed by atoms with E-state index in [1.807, 2.05) is 12.4 Å². The number of rotatable bonds is 5. The third-order valence-electron chi connectivity index (χ3n) is 3.79. The molecule has 4 heteroatoms. The Labute approximate surface area is 109 Å². The summed E-state index contributed by atoms with van der Waals surface area (Å²) < 4.78 is 5.44. The van der Waals surface area contributed by atoms with Gasteiger partial charge >= 0.3 is 0 Å². The predicted octanol–water partition coefficient (Wildman–Crippen LogP) is 1.27. The molecule has 4 nitrogen and oxygen atoms in total. The molecule has 0 spiro atoms. The van der Waals surface area contributed by atoms with E-state index in [1.165, 1.54) is 5.56 Å². The molecule has 1 saturated heterocycles. The Morgan fingerprint density at radius 1 is 1.33 bits per heavy atom. The van der Waals surface area contributed by atoms with Crippen molar-refractivity contribution in [2.24, 2.45) is 11.1 Å². The molecule has 1 aliphatic rings. The quantitative estimate of drug-likeness (QED) is 0.854. The highest BCUT2D eigenvalue weighted by atomic mass is 16.5. The highest BCUT2D eigenvalue weighted by Gasteiger charge is 2.32. The predicted molar refractivity (Wildman–Crippen MR) is 72.1 cm³/mol. The van der Waals surface area contributed by atoms with E-state index in [2.05, 4.69) is 29.1 Å². The average molecular weight is 249 g/mol. The van der Waals surface area contributed by atoms with Gasteiger partial charge in [0, 0.05) is 38.7 Å². The molecule has 18 heavy (non-hydrogen) atoms. The van der Waals surface area contributed by atoms with Crippen molar-refractivity contribution in [3.8, 4) is 0 Å². The van der Waals surface area contributed by atoms with Gasteiger partial charge in [-0.25, -0.2) is 0 Å². The van der Waals surface area contributed by atoms with Crippen LogP contribution >= 0.6 is 0 Å². The molecular weight excluding hydrogens is 226 g/mol. The summed E-state index contributed by atoms with van der Waals surface area (Å²) in [5.41, 5.74) is 7.52. The number of nitrogens with two attached hydrogens (primary N) is 1. The number of aromatic nitrogens is 1. The highest BCUT2D eigenvalue weighted by Crippen LogP contribution is 2.30. The van der Waals surface area contributed by atoms with Crippen LogP contribution in [-0.2, 0) is 11.3 Å². The van der Waals surface area contributed by atoms with E-state index >= 15 is 0 Å². The van der Waals surface area contributed by atoms with Crippen LogP contribution in [0.5, 0.6) is 0 Å². The summed E-state index contributed by atoms with van der Waals surface area (Å²) in [6, 6.07) is 4.13. The van der Waals surface area contributed by atoms with Gasteiger partial charge in [0.25, 0.3) is 0 Å². The topological polar surface area (TPSA) is 51.4 Å². The summed E-state index contributed by atoms with van der Waals surface area (Å²) in [5.74, 6) is 0. The molecule has 0 aliphatic carbocycles. The average Bonchev–Trinajstić information content (AvgIpc) is 2.41. The van der Waals surface area contributed by atoms with Crippen LogP contribution in [0.4, 0.5) is 0 Å². The minimum Gasteiger partial charge on any atom is -0.381 e. The lowest BCUT2D eigenvalue weighted by atomic mass is 9.80. The molecule has 0 radical (unpaired) electrons. The second kappa shape index (κ2) is 6.27. The number of nitrogens with zero attached hydrogens (tertiary/aromatic N) is 2. The fourth-order valence-electron chi connectivity index (χ4n) is 2.66. The zero-order valence-corrected chi connectivity index (χ0v) is 11.1. The first-order valence-electron chi connectivity index (χ1n) is 6.59. The minimum absolute atomic E-state index is 0.236. The number of hydrogen-bond acceptors (Lipinski definition) is 4. The maximum atomic E-state index is 5.99. The van der Waals surface area contributed by atoms with E-state index in [0.717, 1.165) is 45.7 Å². The molecule has 0 aromatic carbocycles. The zero-order chi connectivity index (χ0) is 12.8. The van der Waals surface area contributed by atoms with E-state index in [9.17, 15) is 0 Å². The van der Waals surface area contributed by atoms with E-state index < -0.39 is 0 Å². The largest absolute Gasteiger partial charge is 0.381 e. The fraction of sp³-hybridized carbons (Fsp3) is 0.643. The number of pyridine rings is 1. The summed E-state index contributed by atoms with van der Waals surface area (Å²) in [7, 11) is 2.16. The van der Waals surface area contributed by atoms with Crippen LogP contribution in [0.2, 0.25) is 0 Å². The van der Waals surface area contributed by atoms with Crippen molar-refractivity contribution in [3.63, 3.8) is 0 Å². The van der Waals surface area contributed by atoms with Crippen molar-refractivity contribution in [1.29, 1.82) is 0 Å². The van der Waals surface area contributed by atoms with E-state index in [1.54, 1.807) is 0 Å². The normalized spacial score (nSPS) is 19.1. The molecule has 0 amide bonds. The molecule has 2 rings (SSSR count). The molecule has 0 atom stereocenters. The molecule has 0 unspecified atom stereocenters. The van der Waals surface area contributed by atoms with Crippen LogP contribution in [0, 0.1) is 5.41 Å². The molecule has 1 aromatic rings. The fourth-order valence-corrected chi connectivity index (χ4v) is 2.66. The first kappa shape index (κ1) is 13.5. The van der Waals surface area contributed by atoms with Gasteiger partial charge in [-0.05, 0) is 49.5 Å². The van der Waals surface area contributed by atoms with Crippen molar-refractivity contribution >= 4 is 0 Å². The first-order chi connectivity index (χ1) is 8.74. The van der Waals surface area contributed by atoms with E-state index in [0.29, 0.717) is 0 Å². The van der Waals surface area contributed by atoms with Crippen LogP contribution < -0.4 is 5.73 Å². The van der Waals surface area contributed by atoms with Gasteiger partial charge in [-0.2, -0.15) is 0 Å². The van der Waals surface area contributed by atoms with Gasteiger partial charge in [-0.3, -0.25) is 4.98 Å². The van der Waals surface area contributed by atoms with Gasteiger partial charge in [0.15, 0.2) is 0 Å². The van der Waals surface area contributed by atoms with Gasteiger partial charge in [-0.1, -0.05) is 0 Å². The Morgan fingerprint density at radius 3 is 2.61 bits per heavy atom. The lowest BCUT2D eigenvalue weighted by Gasteiger charge is -2.39.